The molecule has 0 saturated heterocycles. The molecule has 2 fully saturated rings. The smallest absolute Gasteiger partial charge is 0.383 e. The molecule has 0 spiro atoms. The molecule has 0 aromatic carbocycles. The Balaban J connectivity index is 1.75. The monoisotopic (exact) mass is 297 g/mol. The van der Waals surface area contributed by atoms with Crippen molar-refractivity contribution in [1.29, 1.82) is 0 Å². The van der Waals surface area contributed by atoms with Crippen LogP contribution in [0, 0.1) is 17.3 Å². The van der Waals surface area contributed by atoms with Crippen molar-refractivity contribution >= 4 is 11.8 Å². The minimum atomic E-state index is -4.09. The first kappa shape index (κ1) is 15.4. The van der Waals surface area contributed by atoms with Crippen LogP contribution in [0.15, 0.2) is 0 Å². The summed E-state index contributed by atoms with van der Waals surface area (Å²) in [4.78, 5) is 0. The molecule has 2 aliphatic carbocycles. The fourth-order valence-electron chi connectivity index (χ4n) is 3.35. The fourth-order valence-corrected chi connectivity index (χ4v) is 4.12. The number of nitrogens with one attached hydrogen (secondary N) is 1. The van der Waals surface area contributed by atoms with E-state index in [1.54, 1.807) is 7.11 Å². The molecule has 0 bridgehead atoms. The lowest BCUT2D eigenvalue weighted by Gasteiger charge is -2.31. The summed E-state index contributed by atoms with van der Waals surface area (Å²) in [6, 6.07) is 0. The van der Waals surface area contributed by atoms with Gasteiger partial charge in [0.15, 0.2) is 0 Å². The van der Waals surface area contributed by atoms with Gasteiger partial charge < -0.3 is 10.1 Å². The van der Waals surface area contributed by atoms with Crippen LogP contribution in [0.25, 0.3) is 0 Å². The summed E-state index contributed by atoms with van der Waals surface area (Å²) in [7, 11) is 1.65. The first-order valence-electron chi connectivity index (χ1n) is 6.84. The third-order valence-corrected chi connectivity index (χ3v) is 5.08. The first-order chi connectivity index (χ1) is 8.94. The van der Waals surface area contributed by atoms with E-state index in [0.717, 1.165) is 37.8 Å². The Morgan fingerprint density at radius 1 is 1.32 bits per heavy atom. The Bertz CT molecular complexity index is 288. The van der Waals surface area contributed by atoms with Crippen LogP contribution >= 0.6 is 11.8 Å². The minimum Gasteiger partial charge on any atom is -0.383 e. The van der Waals surface area contributed by atoms with Gasteiger partial charge in [0.2, 0.25) is 0 Å². The molecular formula is C13H22F3NOS. The van der Waals surface area contributed by atoms with Crippen molar-refractivity contribution in [2.45, 2.75) is 31.2 Å². The van der Waals surface area contributed by atoms with E-state index in [4.69, 9.17) is 4.74 Å². The van der Waals surface area contributed by atoms with Gasteiger partial charge in [-0.25, -0.2) is 0 Å². The van der Waals surface area contributed by atoms with Crippen LogP contribution in [-0.2, 0) is 4.74 Å². The van der Waals surface area contributed by atoms with Gasteiger partial charge in [0.05, 0.1) is 6.61 Å². The number of hydrogen-bond donors (Lipinski definition) is 1. The molecule has 2 aliphatic rings. The standard InChI is InChI=1S/C13H22F3NOS/c1-18-4-3-17-9-12(2-5-19-13(14,15)16)7-10-6-11(10)8-12/h10-11,17H,2-9H2,1H3. The van der Waals surface area contributed by atoms with Crippen molar-refractivity contribution in [1.82, 2.24) is 5.32 Å². The minimum absolute atomic E-state index is 0.0968. The number of hydrogen-bond acceptors (Lipinski definition) is 3. The molecule has 0 heterocycles. The topological polar surface area (TPSA) is 21.3 Å². The average molecular weight is 297 g/mol. The summed E-state index contributed by atoms with van der Waals surface area (Å²) >= 11 is 0.126. The van der Waals surface area contributed by atoms with Crippen LogP contribution in [0.2, 0.25) is 0 Å². The Kier molecular flexibility index (Phi) is 5.06. The largest absolute Gasteiger partial charge is 0.441 e. The number of alkyl halides is 3. The van der Waals surface area contributed by atoms with E-state index in [9.17, 15) is 13.2 Å². The normalized spacial score (nSPS) is 33.5. The highest BCUT2D eigenvalue weighted by Crippen LogP contribution is 2.61. The molecule has 2 nitrogen and oxygen atoms in total. The van der Waals surface area contributed by atoms with Crippen molar-refractivity contribution < 1.29 is 17.9 Å². The van der Waals surface area contributed by atoms with Gasteiger partial charge in [-0.15, -0.1) is 0 Å². The summed E-state index contributed by atoms with van der Waals surface area (Å²) in [5, 5.41) is 3.34. The summed E-state index contributed by atoms with van der Waals surface area (Å²) in [5.74, 6) is 1.77. The number of halogens is 3. The number of thioether (sulfide) groups is 1. The van der Waals surface area contributed by atoms with Crippen molar-refractivity contribution in [2.75, 3.05) is 32.6 Å². The molecule has 2 saturated carbocycles. The van der Waals surface area contributed by atoms with Gasteiger partial charge in [-0.1, -0.05) is 11.8 Å². The molecule has 2 unspecified atom stereocenters. The van der Waals surface area contributed by atoms with Gasteiger partial charge in [-0.05, 0) is 42.9 Å². The molecule has 0 aromatic rings. The summed E-state index contributed by atoms with van der Waals surface area (Å²) in [5.41, 5.74) is -3.99. The summed E-state index contributed by atoms with van der Waals surface area (Å²) in [6.07, 6.45) is 4.18. The third kappa shape index (κ3) is 4.83. The quantitative estimate of drug-likeness (QED) is 0.695. The van der Waals surface area contributed by atoms with Gasteiger partial charge in [0.1, 0.15) is 0 Å². The molecule has 0 aliphatic heterocycles. The van der Waals surface area contributed by atoms with Gasteiger partial charge >= 0.3 is 5.51 Å². The lowest BCUT2D eigenvalue weighted by molar-refractivity contribution is -0.0329. The second-order valence-electron chi connectivity index (χ2n) is 5.88. The van der Waals surface area contributed by atoms with Crippen LogP contribution in [0.1, 0.15) is 25.7 Å². The maximum absolute atomic E-state index is 12.2. The Morgan fingerprint density at radius 3 is 2.58 bits per heavy atom. The highest BCUT2D eigenvalue weighted by atomic mass is 32.2. The van der Waals surface area contributed by atoms with Gasteiger partial charge in [-0.3, -0.25) is 0 Å². The van der Waals surface area contributed by atoms with Gasteiger partial charge in [0.25, 0.3) is 0 Å². The van der Waals surface area contributed by atoms with Gasteiger partial charge in [0, 0.05) is 26.0 Å². The lowest BCUT2D eigenvalue weighted by atomic mass is 9.80. The molecule has 112 valence electrons. The van der Waals surface area contributed by atoms with E-state index >= 15 is 0 Å². The van der Waals surface area contributed by atoms with Crippen molar-refractivity contribution in [3.63, 3.8) is 0 Å². The molecular weight excluding hydrogens is 275 g/mol. The van der Waals surface area contributed by atoms with E-state index in [-0.39, 0.29) is 22.9 Å². The number of rotatable bonds is 8. The molecule has 0 radical (unpaired) electrons. The number of fused-ring (bicyclic) bond motifs is 1. The summed E-state index contributed by atoms with van der Waals surface area (Å²) < 4.78 is 41.6. The van der Waals surface area contributed by atoms with E-state index in [0.29, 0.717) is 13.0 Å². The maximum atomic E-state index is 12.2. The molecule has 19 heavy (non-hydrogen) atoms. The zero-order valence-corrected chi connectivity index (χ0v) is 12.1. The average Bonchev–Trinajstić information content (AvgIpc) is 2.92. The zero-order valence-electron chi connectivity index (χ0n) is 11.3. The third-order valence-electron chi connectivity index (χ3n) is 4.34. The van der Waals surface area contributed by atoms with Crippen LogP contribution in [0.3, 0.4) is 0 Å². The lowest BCUT2D eigenvalue weighted by Crippen LogP contribution is -2.35. The van der Waals surface area contributed by atoms with E-state index in [1.165, 1.54) is 6.42 Å². The van der Waals surface area contributed by atoms with E-state index < -0.39 is 5.51 Å². The SMILES string of the molecule is COCCNCC1(CCSC(F)(F)F)CC2CC2C1. The van der Waals surface area contributed by atoms with Crippen LogP contribution in [0.5, 0.6) is 0 Å². The van der Waals surface area contributed by atoms with Crippen LogP contribution in [-0.4, -0.2) is 38.1 Å². The van der Waals surface area contributed by atoms with Crippen LogP contribution < -0.4 is 5.32 Å². The highest BCUT2D eigenvalue weighted by molar-refractivity contribution is 8.00. The number of ether oxygens (including phenoxy) is 1. The van der Waals surface area contributed by atoms with Crippen molar-refractivity contribution in [3.05, 3.63) is 0 Å². The molecule has 0 amide bonds. The molecule has 2 rings (SSSR count). The Hall–Kier alpha value is 0.0600. The van der Waals surface area contributed by atoms with Crippen LogP contribution in [0.4, 0.5) is 13.2 Å². The zero-order chi connectivity index (χ0) is 13.9. The molecule has 2 atom stereocenters. The molecule has 0 aromatic heterocycles. The fraction of sp³-hybridized carbons (Fsp3) is 1.00. The summed E-state index contributed by atoms with van der Waals surface area (Å²) in [6.45, 7) is 2.27. The molecule has 1 N–H and O–H groups in total. The first-order valence-corrected chi connectivity index (χ1v) is 7.83. The second kappa shape index (κ2) is 6.22. The number of methoxy groups -OCH3 is 1. The predicted molar refractivity (Wildman–Crippen MR) is 71.1 cm³/mol. The maximum Gasteiger partial charge on any atom is 0.441 e. The highest BCUT2D eigenvalue weighted by Gasteiger charge is 2.53. The van der Waals surface area contributed by atoms with Gasteiger partial charge in [-0.2, -0.15) is 13.2 Å². The second-order valence-corrected chi connectivity index (χ2v) is 7.04. The van der Waals surface area contributed by atoms with Crippen molar-refractivity contribution in [3.8, 4) is 0 Å². The Morgan fingerprint density at radius 2 is 2.00 bits per heavy atom. The van der Waals surface area contributed by atoms with E-state index in [2.05, 4.69) is 5.32 Å². The predicted octanol–water partition coefficient (Wildman–Crippen LogP) is 3.28. The van der Waals surface area contributed by atoms with E-state index in [1.807, 2.05) is 0 Å². The van der Waals surface area contributed by atoms with Crippen molar-refractivity contribution in [2.24, 2.45) is 17.3 Å². The molecule has 6 heteroatoms. The Labute approximate surface area is 116 Å².